The Kier molecular flexibility index (Phi) is 3.84. The maximum absolute atomic E-state index is 11.8. The maximum Gasteiger partial charge on any atom is 0.146 e. The molecular weight excluding hydrogens is 180 g/mol. The van der Waals surface area contributed by atoms with Gasteiger partial charge in [0, 0.05) is 5.92 Å². The lowest BCUT2D eigenvalue weighted by Gasteiger charge is -2.37. The summed E-state index contributed by atoms with van der Waals surface area (Å²) in [5, 5.41) is 0. The smallest absolute Gasteiger partial charge is 0.146 e. The Balaban J connectivity index is 2.59. The lowest BCUT2D eigenvalue weighted by molar-refractivity contribution is -0.125. The summed E-state index contributed by atoms with van der Waals surface area (Å²) in [6, 6.07) is 0. The van der Waals surface area contributed by atoms with Gasteiger partial charge in [0.2, 0.25) is 0 Å². The van der Waals surface area contributed by atoms with Gasteiger partial charge in [-0.2, -0.15) is 11.8 Å². The third-order valence-corrected chi connectivity index (χ3v) is 3.76. The van der Waals surface area contributed by atoms with Crippen molar-refractivity contribution in [3.8, 4) is 0 Å². The molecule has 0 bridgehead atoms. The van der Waals surface area contributed by atoms with Gasteiger partial charge in [-0.3, -0.25) is 4.79 Å². The monoisotopic (exact) mass is 200 g/mol. The van der Waals surface area contributed by atoms with Crippen LogP contribution in [0.1, 0.15) is 39.5 Å². The predicted octanol–water partition coefficient (Wildman–Crippen LogP) is 3.13. The highest BCUT2D eigenvalue weighted by Crippen LogP contribution is 2.41. The standard InChI is InChI=1S/C11H20OS/c1-11(2)7-5-4-6-9(11)10(12)8-13-3/h9H,4-8H2,1-3H3. The molecule has 1 atom stereocenters. The van der Waals surface area contributed by atoms with Crippen molar-refractivity contribution in [3.63, 3.8) is 0 Å². The first-order chi connectivity index (χ1) is 6.08. The Bertz CT molecular complexity index is 187. The van der Waals surface area contributed by atoms with E-state index in [9.17, 15) is 4.79 Å². The van der Waals surface area contributed by atoms with E-state index in [1.807, 2.05) is 6.26 Å². The molecule has 0 N–H and O–H groups in total. The van der Waals surface area contributed by atoms with Gasteiger partial charge < -0.3 is 0 Å². The van der Waals surface area contributed by atoms with Crippen LogP contribution < -0.4 is 0 Å². The molecule has 76 valence electrons. The molecule has 0 spiro atoms. The summed E-state index contributed by atoms with van der Waals surface area (Å²) in [6.45, 7) is 4.49. The number of hydrogen-bond donors (Lipinski definition) is 0. The third-order valence-electron chi connectivity index (χ3n) is 3.18. The van der Waals surface area contributed by atoms with E-state index in [0.717, 1.165) is 6.42 Å². The summed E-state index contributed by atoms with van der Waals surface area (Å²) < 4.78 is 0. The largest absolute Gasteiger partial charge is 0.298 e. The van der Waals surface area contributed by atoms with Crippen LogP contribution in [0.2, 0.25) is 0 Å². The van der Waals surface area contributed by atoms with E-state index < -0.39 is 0 Å². The van der Waals surface area contributed by atoms with E-state index >= 15 is 0 Å². The lowest BCUT2D eigenvalue weighted by Crippen LogP contribution is -2.34. The minimum atomic E-state index is 0.255. The molecule has 0 aliphatic heterocycles. The summed E-state index contributed by atoms with van der Waals surface area (Å²) in [4.78, 5) is 11.8. The molecular formula is C11H20OS. The minimum Gasteiger partial charge on any atom is -0.298 e. The summed E-state index contributed by atoms with van der Waals surface area (Å²) in [5.41, 5.74) is 0.255. The fourth-order valence-corrected chi connectivity index (χ4v) is 2.82. The van der Waals surface area contributed by atoms with Crippen LogP contribution in [0.15, 0.2) is 0 Å². The molecule has 1 aliphatic rings. The number of thioether (sulfide) groups is 1. The number of hydrogen-bond acceptors (Lipinski definition) is 2. The average molecular weight is 200 g/mol. The van der Waals surface area contributed by atoms with E-state index in [-0.39, 0.29) is 5.41 Å². The molecule has 1 saturated carbocycles. The van der Waals surface area contributed by atoms with Crippen LogP contribution >= 0.6 is 11.8 Å². The molecule has 1 aliphatic carbocycles. The van der Waals surface area contributed by atoms with Gasteiger partial charge in [-0.25, -0.2) is 0 Å². The molecule has 0 aromatic rings. The van der Waals surface area contributed by atoms with Crippen molar-refractivity contribution >= 4 is 17.5 Å². The molecule has 1 rings (SSSR count). The SMILES string of the molecule is CSCC(=O)C1CCCCC1(C)C. The van der Waals surface area contributed by atoms with E-state index in [1.54, 1.807) is 11.8 Å². The van der Waals surface area contributed by atoms with Crippen molar-refractivity contribution in [3.05, 3.63) is 0 Å². The van der Waals surface area contributed by atoms with Crippen LogP contribution in [-0.2, 0) is 4.79 Å². The van der Waals surface area contributed by atoms with E-state index in [0.29, 0.717) is 17.5 Å². The zero-order valence-electron chi connectivity index (χ0n) is 8.93. The third kappa shape index (κ3) is 2.73. The molecule has 1 fully saturated rings. The minimum absolute atomic E-state index is 0.255. The zero-order chi connectivity index (χ0) is 9.90. The van der Waals surface area contributed by atoms with Gasteiger partial charge in [0.1, 0.15) is 5.78 Å². The number of rotatable bonds is 3. The Hall–Kier alpha value is 0.0200. The van der Waals surface area contributed by atoms with Gasteiger partial charge >= 0.3 is 0 Å². The number of Topliss-reactive ketones (excluding diaryl/α,β-unsaturated/α-hetero) is 1. The van der Waals surface area contributed by atoms with Crippen LogP contribution in [0.5, 0.6) is 0 Å². The van der Waals surface area contributed by atoms with Crippen LogP contribution in [-0.4, -0.2) is 17.8 Å². The lowest BCUT2D eigenvalue weighted by atomic mass is 9.67. The van der Waals surface area contributed by atoms with Crippen molar-refractivity contribution < 1.29 is 4.79 Å². The second-order valence-electron chi connectivity index (χ2n) is 4.69. The topological polar surface area (TPSA) is 17.1 Å². The fraction of sp³-hybridized carbons (Fsp3) is 0.909. The molecule has 13 heavy (non-hydrogen) atoms. The predicted molar refractivity (Wildman–Crippen MR) is 59.1 cm³/mol. The van der Waals surface area contributed by atoms with Crippen LogP contribution in [0.3, 0.4) is 0 Å². The Morgan fingerprint density at radius 3 is 2.69 bits per heavy atom. The van der Waals surface area contributed by atoms with Crippen LogP contribution in [0.25, 0.3) is 0 Å². The van der Waals surface area contributed by atoms with Crippen molar-refractivity contribution in [2.45, 2.75) is 39.5 Å². The number of ketones is 1. The Morgan fingerprint density at radius 1 is 1.46 bits per heavy atom. The van der Waals surface area contributed by atoms with Crippen molar-refractivity contribution in [1.29, 1.82) is 0 Å². The van der Waals surface area contributed by atoms with Gasteiger partial charge in [0.25, 0.3) is 0 Å². The number of carbonyl (C=O) groups excluding carboxylic acids is 1. The van der Waals surface area contributed by atoms with Gasteiger partial charge in [-0.15, -0.1) is 0 Å². The van der Waals surface area contributed by atoms with Gasteiger partial charge in [0.05, 0.1) is 5.75 Å². The summed E-state index contributed by atoms with van der Waals surface area (Å²) in [7, 11) is 0. The quantitative estimate of drug-likeness (QED) is 0.696. The molecule has 0 radical (unpaired) electrons. The maximum atomic E-state index is 11.8. The van der Waals surface area contributed by atoms with Crippen molar-refractivity contribution in [2.24, 2.45) is 11.3 Å². The number of carbonyl (C=O) groups is 1. The van der Waals surface area contributed by atoms with Gasteiger partial charge in [-0.1, -0.05) is 26.7 Å². The van der Waals surface area contributed by atoms with Crippen molar-refractivity contribution in [1.82, 2.24) is 0 Å². The molecule has 0 amide bonds. The Morgan fingerprint density at radius 2 is 2.15 bits per heavy atom. The van der Waals surface area contributed by atoms with Gasteiger partial charge in [0.15, 0.2) is 0 Å². The second-order valence-corrected chi connectivity index (χ2v) is 5.55. The first-order valence-electron chi connectivity index (χ1n) is 5.09. The molecule has 1 nitrogen and oxygen atoms in total. The fourth-order valence-electron chi connectivity index (χ4n) is 2.33. The molecule has 0 heterocycles. The normalized spacial score (nSPS) is 27.2. The highest BCUT2D eigenvalue weighted by atomic mass is 32.2. The molecule has 1 unspecified atom stereocenters. The van der Waals surface area contributed by atoms with E-state index in [2.05, 4.69) is 13.8 Å². The van der Waals surface area contributed by atoms with Crippen LogP contribution in [0, 0.1) is 11.3 Å². The van der Waals surface area contributed by atoms with E-state index in [4.69, 9.17) is 0 Å². The second kappa shape index (κ2) is 4.50. The first-order valence-corrected chi connectivity index (χ1v) is 6.49. The van der Waals surface area contributed by atoms with Gasteiger partial charge in [-0.05, 0) is 24.5 Å². The van der Waals surface area contributed by atoms with Crippen LogP contribution in [0.4, 0.5) is 0 Å². The molecule has 0 aromatic heterocycles. The van der Waals surface area contributed by atoms with Crippen molar-refractivity contribution in [2.75, 3.05) is 12.0 Å². The van der Waals surface area contributed by atoms with E-state index in [1.165, 1.54) is 19.3 Å². The summed E-state index contributed by atoms with van der Waals surface area (Å²) >= 11 is 1.65. The Labute approximate surface area is 85.7 Å². The average Bonchev–Trinajstić information content (AvgIpc) is 2.03. The summed E-state index contributed by atoms with van der Waals surface area (Å²) in [6.07, 6.45) is 6.89. The highest BCUT2D eigenvalue weighted by molar-refractivity contribution is 7.99. The zero-order valence-corrected chi connectivity index (χ0v) is 9.75. The highest BCUT2D eigenvalue weighted by Gasteiger charge is 2.36. The molecule has 2 heteroatoms. The molecule has 0 saturated heterocycles. The summed E-state index contributed by atoms with van der Waals surface area (Å²) in [5.74, 6) is 1.50. The molecule has 0 aromatic carbocycles. The first kappa shape index (κ1) is 11.1.